The van der Waals surface area contributed by atoms with E-state index in [0.29, 0.717) is 6.04 Å². The lowest BCUT2D eigenvalue weighted by atomic mass is 9.95. The van der Waals surface area contributed by atoms with Crippen molar-refractivity contribution >= 4 is 11.9 Å². The summed E-state index contributed by atoms with van der Waals surface area (Å²) in [4.78, 5) is 22.0. The minimum absolute atomic E-state index is 0.187. The quantitative estimate of drug-likeness (QED) is 0.768. The van der Waals surface area contributed by atoms with Crippen molar-refractivity contribution in [2.75, 3.05) is 18.5 Å². The van der Waals surface area contributed by atoms with E-state index in [9.17, 15) is 4.79 Å². The van der Waals surface area contributed by atoms with Crippen molar-refractivity contribution < 1.29 is 9.53 Å². The molecular formula is C21H33N3O2. The Kier molecular flexibility index (Phi) is 5.86. The van der Waals surface area contributed by atoms with Gasteiger partial charge in [-0.25, -0.2) is 9.78 Å². The largest absolute Gasteiger partial charge is 0.443 e. The highest BCUT2D eigenvalue weighted by molar-refractivity contribution is 5.88. The molecule has 5 nitrogen and oxygen atoms in total. The monoisotopic (exact) mass is 359 g/mol. The molecule has 26 heavy (non-hydrogen) atoms. The van der Waals surface area contributed by atoms with Crippen molar-refractivity contribution in [1.29, 1.82) is 0 Å². The molecule has 2 heterocycles. The molecule has 0 radical (unpaired) electrons. The van der Waals surface area contributed by atoms with Crippen molar-refractivity contribution in [2.45, 2.75) is 83.4 Å². The highest BCUT2D eigenvalue weighted by Crippen LogP contribution is 2.37. The number of hydrogen-bond acceptors (Lipinski definition) is 4. The fourth-order valence-corrected chi connectivity index (χ4v) is 4.22. The first-order chi connectivity index (χ1) is 12.4. The van der Waals surface area contributed by atoms with Crippen LogP contribution in [-0.4, -0.2) is 41.2 Å². The molecule has 3 rings (SSSR count). The maximum absolute atomic E-state index is 13.1. The summed E-state index contributed by atoms with van der Waals surface area (Å²) >= 11 is 0. The second kappa shape index (κ2) is 7.95. The SMILES string of the molecule is CN1CCCC[C@H]1c1cccnc1N(C(=O)OC(C)(C)C)C1CCCC1. The minimum atomic E-state index is -0.509. The molecule has 0 unspecified atom stereocenters. The van der Waals surface area contributed by atoms with Gasteiger partial charge in [-0.05, 0) is 66.1 Å². The van der Waals surface area contributed by atoms with E-state index < -0.39 is 5.60 Å². The third-order valence-electron chi connectivity index (χ3n) is 5.45. The molecule has 1 aromatic rings. The second-order valence-electron chi connectivity index (χ2n) is 8.70. The molecule has 2 aliphatic rings. The summed E-state index contributed by atoms with van der Waals surface area (Å²) in [6.45, 7) is 6.86. The molecule has 0 spiro atoms. The van der Waals surface area contributed by atoms with Crippen molar-refractivity contribution in [3.8, 4) is 0 Å². The molecule has 2 fully saturated rings. The van der Waals surface area contributed by atoms with Gasteiger partial charge in [0.15, 0.2) is 0 Å². The van der Waals surface area contributed by atoms with E-state index >= 15 is 0 Å². The Morgan fingerprint density at radius 2 is 1.88 bits per heavy atom. The van der Waals surface area contributed by atoms with E-state index in [1.807, 2.05) is 31.7 Å². The average molecular weight is 360 g/mol. The number of hydrogen-bond donors (Lipinski definition) is 0. The Bertz CT molecular complexity index is 620. The minimum Gasteiger partial charge on any atom is -0.443 e. The predicted octanol–water partition coefficient (Wildman–Crippen LogP) is 4.92. The third kappa shape index (κ3) is 4.37. The van der Waals surface area contributed by atoms with E-state index in [2.05, 4.69) is 23.0 Å². The van der Waals surface area contributed by atoms with E-state index in [4.69, 9.17) is 4.74 Å². The Morgan fingerprint density at radius 3 is 2.54 bits per heavy atom. The van der Waals surface area contributed by atoms with Crippen molar-refractivity contribution in [2.24, 2.45) is 0 Å². The summed E-state index contributed by atoms with van der Waals surface area (Å²) in [5, 5.41) is 0. The first-order valence-electron chi connectivity index (χ1n) is 10.0. The number of anilines is 1. The molecule has 1 aliphatic carbocycles. The van der Waals surface area contributed by atoms with Crippen LogP contribution in [0.1, 0.15) is 77.3 Å². The zero-order valence-electron chi connectivity index (χ0n) is 16.7. The number of rotatable bonds is 3. The lowest BCUT2D eigenvalue weighted by molar-refractivity contribution is 0.0563. The van der Waals surface area contributed by atoms with E-state index in [1.54, 1.807) is 6.20 Å². The van der Waals surface area contributed by atoms with Crippen molar-refractivity contribution in [3.63, 3.8) is 0 Å². The van der Waals surface area contributed by atoms with Crippen LogP contribution in [0, 0.1) is 0 Å². The van der Waals surface area contributed by atoms with Crippen molar-refractivity contribution in [3.05, 3.63) is 23.9 Å². The van der Waals surface area contributed by atoms with Crippen LogP contribution in [-0.2, 0) is 4.74 Å². The first kappa shape index (κ1) is 19.2. The van der Waals surface area contributed by atoms with Crippen LogP contribution in [0.15, 0.2) is 18.3 Å². The molecule has 1 saturated heterocycles. The van der Waals surface area contributed by atoms with Crippen LogP contribution in [0.4, 0.5) is 10.6 Å². The first-order valence-corrected chi connectivity index (χ1v) is 10.0. The van der Waals surface area contributed by atoms with Crippen LogP contribution in [0.2, 0.25) is 0 Å². The fraction of sp³-hybridized carbons (Fsp3) is 0.714. The summed E-state index contributed by atoms with van der Waals surface area (Å²) in [6, 6.07) is 4.64. The number of aromatic nitrogens is 1. The van der Waals surface area contributed by atoms with Gasteiger partial charge in [0.1, 0.15) is 11.4 Å². The molecule has 1 aliphatic heterocycles. The number of pyridine rings is 1. The van der Waals surface area contributed by atoms with E-state index in [-0.39, 0.29) is 12.1 Å². The van der Waals surface area contributed by atoms with Crippen LogP contribution in [0.5, 0.6) is 0 Å². The highest BCUT2D eigenvalue weighted by Gasteiger charge is 2.35. The van der Waals surface area contributed by atoms with Gasteiger partial charge < -0.3 is 4.74 Å². The van der Waals surface area contributed by atoms with Gasteiger partial charge >= 0.3 is 6.09 Å². The molecule has 1 saturated carbocycles. The topological polar surface area (TPSA) is 45.7 Å². The molecule has 144 valence electrons. The van der Waals surface area contributed by atoms with Crippen molar-refractivity contribution in [1.82, 2.24) is 9.88 Å². The number of carbonyl (C=O) groups is 1. The van der Waals surface area contributed by atoms with Gasteiger partial charge in [-0.15, -0.1) is 0 Å². The van der Waals surface area contributed by atoms with Crippen LogP contribution in [0.3, 0.4) is 0 Å². The molecule has 0 N–H and O–H groups in total. The van der Waals surface area contributed by atoms with Gasteiger partial charge in [0.05, 0.1) is 0 Å². The highest BCUT2D eigenvalue weighted by atomic mass is 16.6. The Balaban J connectivity index is 1.97. The van der Waals surface area contributed by atoms with Gasteiger partial charge in [-0.1, -0.05) is 25.3 Å². The Morgan fingerprint density at radius 1 is 1.19 bits per heavy atom. The Hall–Kier alpha value is -1.62. The molecule has 5 heteroatoms. The zero-order valence-corrected chi connectivity index (χ0v) is 16.7. The number of piperidine rings is 1. The molecule has 1 atom stereocenters. The summed E-state index contributed by atoms with van der Waals surface area (Å²) in [5.41, 5.74) is 0.650. The zero-order chi connectivity index (χ0) is 18.7. The number of nitrogens with zero attached hydrogens (tertiary/aromatic N) is 3. The summed E-state index contributed by atoms with van der Waals surface area (Å²) in [7, 11) is 2.17. The van der Waals surface area contributed by atoms with Crippen LogP contribution < -0.4 is 4.90 Å². The maximum Gasteiger partial charge on any atom is 0.416 e. The third-order valence-corrected chi connectivity index (χ3v) is 5.45. The lowest BCUT2D eigenvalue weighted by Gasteiger charge is -2.37. The molecular weight excluding hydrogens is 326 g/mol. The smallest absolute Gasteiger partial charge is 0.416 e. The van der Waals surface area contributed by atoms with Gasteiger partial charge in [0.25, 0.3) is 0 Å². The standard InChI is InChI=1S/C21H33N3O2/c1-21(2,3)26-20(25)24(16-10-5-6-11-16)19-17(12-9-14-22-19)18-13-7-8-15-23(18)4/h9,12,14,16,18H,5-8,10-11,13,15H2,1-4H3/t18-/m0/s1. The number of likely N-dealkylation sites (tertiary alicyclic amines) is 1. The van der Waals surface area contributed by atoms with Crippen LogP contribution >= 0.6 is 0 Å². The normalized spacial score (nSPS) is 22.4. The second-order valence-corrected chi connectivity index (χ2v) is 8.70. The van der Waals surface area contributed by atoms with E-state index in [0.717, 1.165) is 50.0 Å². The maximum atomic E-state index is 13.1. The summed E-state index contributed by atoms with van der Waals surface area (Å²) in [5.74, 6) is 0.799. The van der Waals surface area contributed by atoms with Gasteiger partial charge in [-0.3, -0.25) is 9.80 Å². The van der Waals surface area contributed by atoms with Gasteiger partial charge in [0, 0.05) is 23.8 Å². The molecule has 0 aromatic carbocycles. The van der Waals surface area contributed by atoms with Gasteiger partial charge in [0.2, 0.25) is 0 Å². The summed E-state index contributed by atoms with van der Waals surface area (Å²) in [6.07, 6.45) is 9.48. The average Bonchev–Trinajstić information content (AvgIpc) is 3.09. The number of amides is 1. The molecule has 1 aromatic heterocycles. The lowest BCUT2D eigenvalue weighted by Crippen LogP contribution is -2.44. The summed E-state index contributed by atoms with van der Waals surface area (Å²) < 4.78 is 5.77. The van der Waals surface area contributed by atoms with E-state index in [1.165, 1.54) is 12.8 Å². The molecule has 1 amide bonds. The van der Waals surface area contributed by atoms with Crippen LogP contribution in [0.25, 0.3) is 0 Å². The predicted molar refractivity (Wildman–Crippen MR) is 104 cm³/mol. The Labute approximate surface area is 157 Å². The molecule has 0 bridgehead atoms. The fourth-order valence-electron chi connectivity index (χ4n) is 4.22. The van der Waals surface area contributed by atoms with Gasteiger partial charge in [-0.2, -0.15) is 0 Å². The number of ether oxygens (including phenoxy) is 1. The number of carbonyl (C=O) groups excluding carboxylic acids is 1.